The zero-order valence-corrected chi connectivity index (χ0v) is 13.5. The monoisotopic (exact) mass is 311 g/mol. The van der Waals surface area contributed by atoms with E-state index >= 15 is 0 Å². The summed E-state index contributed by atoms with van der Waals surface area (Å²) < 4.78 is 11.1. The molecule has 0 amide bonds. The van der Waals surface area contributed by atoms with Gasteiger partial charge in [-0.2, -0.15) is 0 Å². The van der Waals surface area contributed by atoms with E-state index in [2.05, 4.69) is 4.90 Å². The summed E-state index contributed by atoms with van der Waals surface area (Å²) in [6, 6.07) is 5.21. The van der Waals surface area contributed by atoms with Crippen molar-refractivity contribution >= 4 is 17.4 Å². The molecule has 0 aromatic heterocycles. The van der Waals surface area contributed by atoms with E-state index in [9.17, 15) is 4.79 Å². The van der Waals surface area contributed by atoms with E-state index in [1.165, 1.54) is 0 Å². The van der Waals surface area contributed by atoms with Gasteiger partial charge in [0.25, 0.3) is 0 Å². The summed E-state index contributed by atoms with van der Waals surface area (Å²) in [4.78, 5) is 14.5. The van der Waals surface area contributed by atoms with Crippen molar-refractivity contribution in [2.24, 2.45) is 0 Å². The average Bonchev–Trinajstić information content (AvgIpc) is 2.40. The molecule has 21 heavy (non-hydrogen) atoms. The van der Waals surface area contributed by atoms with E-state index in [-0.39, 0.29) is 18.0 Å². The zero-order chi connectivity index (χ0) is 15.4. The fourth-order valence-electron chi connectivity index (χ4n) is 2.65. The van der Waals surface area contributed by atoms with Crippen molar-refractivity contribution in [2.45, 2.75) is 33.0 Å². The minimum Gasteiger partial charge on any atom is -0.492 e. The average molecular weight is 312 g/mol. The number of carbonyl (C=O) groups excluding carboxylic acids is 1. The van der Waals surface area contributed by atoms with Crippen LogP contribution in [-0.2, 0) is 4.74 Å². The third kappa shape index (κ3) is 4.43. The van der Waals surface area contributed by atoms with Gasteiger partial charge in [0.1, 0.15) is 5.75 Å². The molecule has 0 bridgehead atoms. The Labute approximate surface area is 131 Å². The van der Waals surface area contributed by atoms with Crippen LogP contribution in [0.5, 0.6) is 5.75 Å². The number of halogens is 1. The first-order chi connectivity index (χ1) is 9.99. The van der Waals surface area contributed by atoms with Crippen molar-refractivity contribution in [3.8, 4) is 5.75 Å². The van der Waals surface area contributed by atoms with E-state index in [4.69, 9.17) is 21.1 Å². The smallest absolute Gasteiger partial charge is 0.176 e. The third-order valence-electron chi connectivity index (χ3n) is 3.42. The third-order valence-corrected chi connectivity index (χ3v) is 3.71. The molecule has 2 atom stereocenters. The number of rotatable bonds is 5. The highest BCUT2D eigenvalue weighted by molar-refractivity contribution is 6.32. The minimum atomic E-state index is 0.0706. The molecule has 1 fully saturated rings. The van der Waals surface area contributed by atoms with Gasteiger partial charge in [-0.15, -0.1) is 0 Å². The standard InChI is InChI=1S/C16H22ClNO3/c1-4-20-16-6-5-13(7-14(16)17)15(19)10-18-8-11(2)21-12(3)9-18/h5-7,11-12H,4,8-10H2,1-3H3. The van der Waals surface area contributed by atoms with Gasteiger partial charge in [-0.25, -0.2) is 0 Å². The molecule has 1 aromatic carbocycles. The first kappa shape index (κ1) is 16.3. The SMILES string of the molecule is CCOc1ccc(C(=O)CN2CC(C)OC(C)C2)cc1Cl. The normalized spacial score (nSPS) is 23.0. The number of Topliss-reactive ketones (excluding diaryl/α,β-unsaturated/α-hetero) is 1. The summed E-state index contributed by atoms with van der Waals surface area (Å²) in [5, 5.41) is 0.478. The highest BCUT2D eigenvalue weighted by atomic mass is 35.5. The number of morpholine rings is 1. The number of ether oxygens (including phenoxy) is 2. The molecule has 4 nitrogen and oxygen atoms in total. The molecular weight excluding hydrogens is 290 g/mol. The van der Waals surface area contributed by atoms with E-state index < -0.39 is 0 Å². The zero-order valence-electron chi connectivity index (χ0n) is 12.8. The van der Waals surface area contributed by atoms with Crippen LogP contribution in [0.4, 0.5) is 0 Å². The molecule has 5 heteroatoms. The Balaban J connectivity index is 2.01. The number of hydrogen-bond donors (Lipinski definition) is 0. The van der Waals surface area contributed by atoms with Gasteiger partial charge in [0.2, 0.25) is 0 Å². The van der Waals surface area contributed by atoms with Gasteiger partial charge in [-0.05, 0) is 39.0 Å². The number of ketones is 1. The van der Waals surface area contributed by atoms with Crippen molar-refractivity contribution in [1.29, 1.82) is 0 Å². The van der Waals surface area contributed by atoms with Crippen molar-refractivity contribution < 1.29 is 14.3 Å². The first-order valence-electron chi connectivity index (χ1n) is 7.33. The Morgan fingerprint density at radius 2 is 2.05 bits per heavy atom. The Morgan fingerprint density at radius 3 is 2.62 bits per heavy atom. The van der Waals surface area contributed by atoms with E-state index in [0.29, 0.717) is 29.5 Å². The summed E-state index contributed by atoms with van der Waals surface area (Å²) >= 11 is 6.13. The second kappa shape index (κ2) is 7.25. The summed E-state index contributed by atoms with van der Waals surface area (Å²) in [5.41, 5.74) is 0.621. The minimum absolute atomic E-state index is 0.0706. The van der Waals surface area contributed by atoms with Crippen LogP contribution in [0.3, 0.4) is 0 Å². The highest BCUT2D eigenvalue weighted by Gasteiger charge is 2.24. The Hall–Kier alpha value is -1.10. The van der Waals surface area contributed by atoms with Crippen LogP contribution in [0.1, 0.15) is 31.1 Å². The van der Waals surface area contributed by atoms with Crippen LogP contribution in [0.25, 0.3) is 0 Å². The van der Waals surface area contributed by atoms with Crippen LogP contribution >= 0.6 is 11.6 Å². The number of nitrogens with zero attached hydrogens (tertiary/aromatic N) is 1. The van der Waals surface area contributed by atoms with Gasteiger partial charge < -0.3 is 9.47 Å². The molecule has 0 saturated carbocycles. The summed E-state index contributed by atoms with van der Waals surface area (Å²) in [6.45, 7) is 8.46. The van der Waals surface area contributed by atoms with Gasteiger partial charge in [0, 0.05) is 18.7 Å². The fourth-order valence-corrected chi connectivity index (χ4v) is 2.89. The lowest BCUT2D eigenvalue weighted by Gasteiger charge is -2.34. The number of benzene rings is 1. The van der Waals surface area contributed by atoms with Crippen molar-refractivity contribution in [2.75, 3.05) is 26.2 Å². The van der Waals surface area contributed by atoms with Crippen LogP contribution in [0, 0.1) is 0 Å². The fraction of sp³-hybridized carbons (Fsp3) is 0.562. The predicted octanol–water partition coefficient (Wildman–Crippen LogP) is 3.03. The van der Waals surface area contributed by atoms with Crippen molar-refractivity contribution in [3.05, 3.63) is 28.8 Å². The summed E-state index contributed by atoms with van der Waals surface area (Å²) in [5.74, 6) is 0.686. The molecule has 0 radical (unpaired) electrons. The second-order valence-corrected chi connectivity index (χ2v) is 5.86. The highest BCUT2D eigenvalue weighted by Crippen LogP contribution is 2.25. The van der Waals surface area contributed by atoms with E-state index in [1.807, 2.05) is 20.8 Å². The maximum Gasteiger partial charge on any atom is 0.176 e. The molecule has 1 aliphatic rings. The van der Waals surface area contributed by atoms with Gasteiger partial charge in [0.05, 0.1) is 30.4 Å². The molecule has 1 saturated heterocycles. The second-order valence-electron chi connectivity index (χ2n) is 5.45. The lowest BCUT2D eigenvalue weighted by atomic mass is 10.1. The molecule has 2 rings (SSSR count). The van der Waals surface area contributed by atoms with Crippen molar-refractivity contribution in [3.63, 3.8) is 0 Å². The van der Waals surface area contributed by atoms with Gasteiger partial charge >= 0.3 is 0 Å². The molecule has 116 valence electrons. The molecule has 0 spiro atoms. The maximum atomic E-state index is 12.4. The van der Waals surface area contributed by atoms with Gasteiger partial charge in [-0.3, -0.25) is 9.69 Å². The predicted molar refractivity (Wildman–Crippen MR) is 83.4 cm³/mol. The van der Waals surface area contributed by atoms with Crippen LogP contribution in [0.15, 0.2) is 18.2 Å². The summed E-state index contributed by atoms with van der Waals surface area (Å²) in [7, 11) is 0. The molecule has 1 aromatic rings. The van der Waals surface area contributed by atoms with Crippen LogP contribution < -0.4 is 4.74 Å². The number of hydrogen-bond acceptors (Lipinski definition) is 4. The molecular formula is C16H22ClNO3. The lowest BCUT2D eigenvalue weighted by Crippen LogP contribution is -2.47. The van der Waals surface area contributed by atoms with Gasteiger partial charge in [0.15, 0.2) is 5.78 Å². The maximum absolute atomic E-state index is 12.4. The van der Waals surface area contributed by atoms with E-state index in [1.54, 1.807) is 18.2 Å². The van der Waals surface area contributed by atoms with Crippen LogP contribution in [-0.4, -0.2) is 49.1 Å². The van der Waals surface area contributed by atoms with Crippen LogP contribution in [0.2, 0.25) is 5.02 Å². The van der Waals surface area contributed by atoms with E-state index in [0.717, 1.165) is 13.1 Å². The largest absolute Gasteiger partial charge is 0.492 e. The Morgan fingerprint density at radius 1 is 1.38 bits per heavy atom. The molecule has 0 aliphatic carbocycles. The van der Waals surface area contributed by atoms with Crippen molar-refractivity contribution in [1.82, 2.24) is 4.90 Å². The topological polar surface area (TPSA) is 38.8 Å². The molecule has 2 unspecified atom stereocenters. The summed E-state index contributed by atoms with van der Waals surface area (Å²) in [6.07, 6.45) is 0.316. The Kier molecular flexibility index (Phi) is 5.62. The van der Waals surface area contributed by atoms with Gasteiger partial charge in [-0.1, -0.05) is 11.6 Å². The molecule has 0 N–H and O–H groups in total. The molecule has 1 heterocycles. The molecule has 1 aliphatic heterocycles. The quantitative estimate of drug-likeness (QED) is 0.784. The first-order valence-corrected chi connectivity index (χ1v) is 7.70. The Bertz CT molecular complexity index is 496. The lowest BCUT2D eigenvalue weighted by molar-refractivity contribution is -0.0652. The number of carbonyl (C=O) groups is 1.